The van der Waals surface area contributed by atoms with Gasteiger partial charge in [-0.05, 0) is 77.6 Å². The lowest BCUT2D eigenvalue weighted by Crippen LogP contribution is -2.50. The number of aromatic nitrogens is 1. The fourth-order valence-electron chi connectivity index (χ4n) is 3.68. The zero-order chi connectivity index (χ0) is 25.1. The molecule has 0 aliphatic heterocycles. The Bertz CT molecular complexity index is 1160. The maximum Gasteiger partial charge on any atom is 0.407 e. The molecule has 7 heteroatoms. The third-order valence-corrected chi connectivity index (χ3v) is 5.85. The Hall–Kier alpha value is -3.32. The number of para-hydroxylation sites is 1. The van der Waals surface area contributed by atoms with Crippen LogP contribution in [0.1, 0.15) is 50.5 Å². The summed E-state index contributed by atoms with van der Waals surface area (Å²) in [4.78, 5) is 26.5. The van der Waals surface area contributed by atoms with Gasteiger partial charge in [-0.3, -0.25) is 4.90 Å². The average Bonchev–Trinajstić information content (AvgIpc) is 3.14. The third kappa shape index (κ3) is 5.97. The molecule has 0 saturated heterocycles. The highest BCUT2D eigenvalue weighted by molar-refractivity contribution is 5.96. The maximum atomic E-state index is 12.2. The SMILES string of the molecule is COC(=O)c1ccc2c(c1)c(CN(C)C(C)(C)CNC(=O)OC(C)(C)C)cn2-c1ccccc1. The lowest BCUT2D eigenvalue weighted by Gasteiger charge is -2.36. The summed E-state index contributed by atoms with van der Waals surface area (Å²) in [6.45, 7) is 10.7. The van der Waals surface area contributed by atoms with Crippen LogP contribution in [0, 0.1) is 0 Å². The summed E-state index contributed by atoms with van der Waals surface area (Å²) >= 11 is 0. The highest BCUT2D eigenvalue weighted by Crippen LogP contribution is 2.29. The maximum absolute atomic E-state index is 12.2. The van der Waals surface area contributed by atoms with E-state index in [1.54, 1.807) is 6.07 Å². The van der Waals surface area contributed by atoms with Crippen LogP contribution in [-0.2, 0) is 16.0 Å². The van der Waals surface area contributed by atoms with Crippen LogP contribution < -0.4 is 5.32 Å². The van der Waals surface area contributed by atoms with Crippen molar-refractivity contribution in [3.05, 3.63) is 65.9 Å². The van der Waals surface area contributed by atoms with Gasteiger partial charge >= 0.3 is 12.1 Å². The molecule has 0 unspecified atom stereocenters. The average molecular weight is 466 g/mol. The van der Waals surface area contributed by atoms with E-state index in [1.165, 1.54) is 7.11 Å². The number of carbonyl (C=O) groups is 2. The number of benzene rings is 2. The lowest BCUT2D eigenvalue weighted by atomic mass is 10.0. The van der Waals surface area contributed by atoms with Crippen molar-refractivity contribution in [1.29, 1.82) is 0 Å². The first-order valence-electron chi connectivity index (χ1n) is 11.4. The van der Waals surface area contributed by atoms with Crippen LogP contribution in [0.3, 0.4) is 0 Å². The Labute approximate surface area is 201 Å². The summed E-state index contributed by atoms with van der Waals surface area (Å²) in [5.74, 6) is -0.365. The van der Waals surface area contributed by atoms with Crippen LogP contribution in [0.2, 0.25) is 0 Å². The van der Waals surface area contributed by atoms with Crippen LogP contribution in [0.25, 0.3) is 16.6 Å². The van der Waals surface area contributed by atoms with Crippen molar-refractivity contribution in [2.24, 2.45) is 0 Å². The molecule has 1 N–H and O–H groups in total. The van der Waals surface area contributed by atoms with Gasteiger partial charge in [0.2, 0.25) is 0 Å². The molecular weight excluding hydrogens is 430 g/mol. The van der Waals surface area contributed by atoms with Crippen molar-refractivity contribution >= 4 is 23.0 Å². The van der Waals surface area contributed by atoms with Crippen LogP contribution >= 0.6 is 0 Å². The van der Waals surface area contributed by atoms with E-state index >= 15 is 0 Å². The number of methoxy groups -OCH3 is 1. The number of esters is 1. The standard InChI is InChI=1S/C27H35N3O4/c1-26(2,3)34-25(32)28-18-27(4,5)29(6)16-20-17-30(21-11-9-8-10-12-21)23-14-13-19(15-22(20)23)24(31)33-7/h8-15,17H,16,18H2,1-7H3,(H,28,32). The van der Waals surface area contributed by atoms with Gasteiger partial charge in [0.1, 0.15) is 5.60 Å². The molecule has 3 aromatic rings. The Morgan fingerprint density at radius 2 is 1.71 bits per heavy atom. The molecule has 0 atom stereocenters. The highest BCUT2D eigenvalue weighted by atomic mass is 16.6. The van der Waals surface area contributed by atoms with Gasteiger partial charge in [0.15, 0.2) is 0 Å². The minimum Gasteiger partial charge on any atom is -0.465 e. The molecule has 1 heterocycles. The summed E-state index contributed by atoms with van der Waals surface area (Å²) < 4.78 is 12.4. The topological polar surface area (TPSA) is 72.8 Å². The summed E-state index contributed by atoms with van der Waals surface area (Å²) in [6.07, 6.45) is 1.67. The summed E-state index contributed by atoms with van der Waals surface area (Å²) in [5, 5.41) is 3.86. The van der Waals surface area contributed by atoms with Gasteiger partial charge in [0.25, 0.3) is 0 Å². The van der Waals surface area contributed by atoms with Crippen molar-refractivity contribution in [2.45, 2.75) is 52.3 Å². The smallest absolute Gasteiger partial charge is 0.407 e. The largest absolute Gasteiger partial charge is 0.465 e. The van der Waals surface area contributed by atoms with Gasteiger partial charge < -0.3 is 19.4 Å². The summed E-state index contributed by atoms with van der Waals surface area (Å²) in [5.41, 5.74) is 2.73. The second-order valence-electron chi connectivity index (χ2n) is 10.1. The van der Waals surface area contributed by atoms with Gasteiger partial charge in [-0.2, -0.15) is 0 Å². The highest BCUT2D eigenvalue weighted by Gasteiger charge is 2.27. The van der Waals surface area contributed by atoms with Crippen LogP contribution in [0.5, 0.6) is 0 Å². The second-order valence-corrected chi connectivity index (χ2v) is 10.1. The van der Waals surface area contributed by atoms with E-state index in [4.69, 9.17) is 9.47 Å². The van der Waals surface area contributed by atoms with Crippen molar-refractivity contribution < 1.29 is 19.1 Å². The number of hydrogen-bond donors (Lipinski definition) is 1. The Morgan fingerprint density at radius 1 is 1.03 bits per heavy atom. The number of nitrogens with zero attached hydrogens (tertiary/aromatic N) is 2. The number of ether oxygens (including phenoxy) is 2. The minimum absolute atomic E-state index is 0.349. The number of carbonyl (C=O) groups excluding carboxylic acids is 2. The van der Waals surface area contributed by atoms with Crippen LogP contribution in [0.4, 0.5) is 4.79 Å². The lowest BCUT2D eigenvalue weighted by molar-refractivity contribution is 0.0479. The third-order valence-electron chi connectivity index (χ3n) is 5.85. The molecule has 0 aliphatic rings. The van der Waals surface area contributed by atoms with Crippen molar-refractivity contribution in [2.75, 3.05) is 20.7 Å². The van der Waals surface area contributed by atoms with Gasteiger partial charge in [0, 0.05) is 35.9 Å². The fraction of sp³-hybridized carbons (Fsp3) is 0.407. The fourth-order valence-corrected chi connectivity index (χ4v) is 3.68. The number of alkyl carbamates (subject to hydrolysis) is 1. The van der Waals surface area contributed by atoms with Gasteiger partial charge in [-0.25, -0.2) is 9.59 Å². The van der Waals surface area contributed by atoms with Crippen LogP contribution in [-0.4, -0.2) is 53.4 Å². The number of amides is 1. The zero-order valence-electron chi connectivity index (χ0n) is 21.1. The summed E-state index contributed by atoms with van der Waals surface area (Å²) in [7, 11) is 3.41. The van der Waals surface area contributed by atoms with Gasteiger partial charge in [0.05, 0.1) is 18.2 Å². The number of nitrogens with one attached hydrogen (secondary N) is 1. The molecule has 1 amide bonds. The predicted octanol–water partition coefficient (Wildman–Crippen LogP) is 5.15. The number of hydrogen-bond acceptors (Lipinski definition) is 5. The van der Waals surface area contributed by atoms with E-state index in [-0.39, 0.29) is 11.5 Å². The predicted molar refractivity (Wildman–Crippen MR) is 134 cm³/mol. The van der Waals surface area contributed by atoms with Crippen molar-refractivity contribution in [3.8, 4) is 5.69 Å². The van der Waals surface area contributed by atoms with Crippen molar-refractivity contribution in [1.82, 2.24) is 14.8 Å². The molecule has 0 spiro atoms. The van der Waals surface area contributed by atoms with Gasteiger partial charge in [-0.15, -0.1) is 0 Å². The molecule has 7 nitrogen and oxygen atoms in total. The first-order valence-corrected chi connectivity index (χ1v) is 11.4. The Balaban J connectivity index is 1.90. The molecule has 0 bridgehead atoms. The van der Waals surface area contributed by atoms with E-state index in [9.17, 15) is 9.59 Å². The molecule has 2 aromatic carbocycles. The normalized spacial score (nSPS) is 12.1. The Morgan fingerprint density at radius 3 is 2.32 bits per heavy atom. The summed E-state index contributed by atoms with van der Waals surface area (Å²) in [6, 6.07) is 15.7. The number of fused-ring (bicyclic) bond motifs is 1. The van der Waals surface area contributed by atoms with Crippen LogP contribution in [0.15, 0.2) is 54.7 Å². The molecule has 0 aliphatic carbocycles. The second kappa shape index (κ2) is 9.89. The monoisotopic (exact) mass is 465 g/mol. The first-order chi connectivity index (χ1) is 15.9. The van der Waals surface area contributed by atoms with E-state index < -0.39 is 11.7 Å². The number of likely N-dealkylation sites (N-methyl/N-ethyl adjacent to an activating group) is 1. The molecule has 0 saturated carbocycles. The molecular formula is C27H35N3O4. The van der Waals surface area contributed by atoms with E-state index in [0.717, 1.165) is 22.2 Å². The quantitative estimate of drug-likeness (QED) is 0.489. The first kappa shape index (κ1) is 25.3. The van der Waals surface area contributed by atoms with Gasteiger partial charge in [-0.1, -0.05) is 18.2 Å². The van der Waals surface area contributed by atoms with E-state index in [0.29, 0.717) is 18.7 Å². The molecule has 0 fully saturated rings. The Kier molecular flexibility index (Phi) is 7.36. The zero-order valence-corrected chi connectivity index (χ0v) is 21.1. The van der Waals surface area contributed by atoms with Crippen molar-refractivity contribution in [3.63, 3.8) is 0 Å². The van der Waals surface area contributed by atoms with E-state index in [1.807, 2.05) is 58.2 Å². The molecule has 1 aromatic heterocycles. The molecule has 3 rings (SSSR count). The number of rotatable bonds is 7. The molecule has 0 radical (unpaired) electrons. The molecule has 34 heavy (non-hydrogen) atoms. The van der Waals surface area contributed by atoms with E-state index in [2.05, 4.69) is 47.0 Å². The molecule has 182 valence electrons. The minimum atomic E-state index is -0.545.